The van der Waals surface area contributed by atoms with E-state index in [0.717, 1.165) is 5.69 Å². The maximum absolute atomic E-state index is 12.7. The van der Waals surface area contributed by atoms with E-state index in [1.807, 2.05) is 30.3 Å². The van der Waals surface area contributed by atoms with Gasteiger partial charge in [-0.15, -0.1) is 0 Å². The quantitative estimate of drug-likeness (QED) is 0.772. The Kier molecular flexibility index (Phi) is 7.13. The highest BCUT2D eigenvalue weighted by molar-refractivity contribution is 5.97. The Morgan fingerprint density at radius 3 is 2.31 bits per heavy atom. The minimum absolute atomic E-state index is 0.0622. The molecule has 0 unspecified atom stereocenters. The molecule has 0 atom stereocenters. The van der Waals surface area contributed by atoms with Crippen molar-refractivity contribution in [2.45, 2.75) is 13.0 Å². The van der Waals surface area contributed by atoms with Crippen LogP contribution in [0.4, 0.5) is 14.5 Å². The van der Waals surface area contributed by atoms with Crippen molar-refractivity contribution in [3.63, 3.8) is 0 Å². The lowest BCUT2D eigenvalue weighted by Gasteiger charge is -2.34. The van der Waals surface area contributed by atoms with E-state index in [0.29, 0.717) is 39.1 Å². The summed E-state index contributed by atoms with van der Waals surface area (Å²) in [5, 5.41) is 2.85. The van der Waals surface area contributed by atoms with E-state index in [2.05, 4.69) is 15.0 Å². The lowest BCUT2D eigenvalue weighted by atomic mass is 10.1. The fourth-order valence-corrected chi connectivity index (χ4v) is 3.19. The van der Waals surface area contributed by atoms with E-state index < -0.39 is 6.61 Å². The van der Waals surface area contributed by atoms with Crippen molar-refractivity contribution < 1.29 is 23.1 Å². The molecule has 1 aliphatic heterocycles. The molecule has 0 spiro atoms. The molecule has 2 amide bonds. The van der Waals surface area contributed by atoms with Gasteiger partial charge < -0.3 is 15.0 Å². The van der Waals surface area contributed by atoms with Crippen molar-refractivity contribution in [1.82, 2.24) is 9.80 Å². The van der Waals surface area contributed by atoms with Crippen LogP contribution in [0, 0.1) is 0 Å². The molecular weight excluding hydrogens is 380 g/mol. The zero-order valence-corrected chi connectivity index (χ0v) is 15.9. The topological polar surface area (TPSA) is 61.9 Å². The molecule has 1 N–H and O–H groups in total. The van der Waals surface area contributed by atoms with Crippen molar-refractivity contribution >= 4 is 17.5 Å². The van der Waals surface area contributed by atoms with Crippen molar-refractivity contribution in [1.29, 1.82) is 0 Å². The molecule has 1 fully saturated rings. The van der Waals surface area contributed by atoms with E-state index in [-0.39, 0.29) is 23.1 Å². The smallest absolute Gasteiger partial charge is 0.387 e. The molecule has 1 saturated heterocycles. The number of hydrogen-bond donors (Lipinski definition) is 1. The summed E-state index contributed by atoms with van der Waals surface area (Å²) >= 11 is 0. The first-order valence-corrected chi connectivity index (χ1v) is 9.43. The van der Waals surface area contributed by atoms with Gasteiger partial charge in [-0.1, -0.05) is 30.3 Å². The summed E-state index contributed by atoms with van der Waals surface area (Å²) in [6, 6.07) is 15.3. The van der Waals surface area contributed by atoms with Crippen LogP contribution in [0.5, 0.6) is 5.75 Å². The lowest BCUT2D eigenvalue weighted by molar-refractivity contribution is -0.116. The van der Waals surface area contributed by atoms with Gasteiger partial charge in [-0.05, 0) is 24.3 Å². The van der Waals surface area contributed by atoms with Gasteiger partial charge in [0.05, 0.1) is 5.56 Å². The van der Waals surface area contributed by atoms with Gasteiger partial charge in [0.2, 0.25) is 5.91 Å². The van der Waals surface area contributed by atoms with Gasteiger partial charge in [0.25, 0.3) is 5.91 Å². The minimum atomic E-state index is -2.98. The molecule has 29 heavy (non-hydrogen) atoms. The summed E-state index contributed by atoms with van der Waals surface area (Å²) in [6.07, 6.45) is 0.355. The summed E-state index contributed by atoms with van der Waals surface area (Å²) in [6.45, 7) is -0.247. The van der Waals surface area contributed by atoms with Crippen LogP contribution in [-0.4, -0.2) is 60.9 Å². The number of benzene rings is 2. The van der Waals surface area contributed by atoms with E-state index in [1.165, 1.54) is 12.1 Å². The molecule has 0 saturated carbocycles. The van der Waals surface area contributed by atoms with Crippen LogP contribution < -0.4 is 10.1 Å². The molecule has 0 aliphatic carbocycles. The average Bonchev–Trinajstić information content (AvgIpc) is 2.73. The molecule has 154 valence electrons. The van der Waals surface area contributed by atoms with Crippen LogP contribution in [0.1, 0.15) is 16.8 Å². The summed E-state index contributed by atoms with van der Waals surface area (Å²) < 4.78 is 29.6. The maximum Gasteiger partial charge on any atom is 0.387 e. The first kappa shape index (κ1) is 20.7. The first-order chi connectivity index (χ1) is 14.0. The lowest BCUT2D eigenvalue weighted by Crippen LogP contribution is -2.49. The van der Waals surface area contributed by atoms with Gasteiger partial charge in [-0.2, -0.15) is 8.78 Å². The second-order valence-electron chi connectivity index (χ2n) is 6.67. The number of hydrogen-bond acceptors (Lipinski definition) is 4. The summed E-state index contributed by atoms with van der Waals surface area (Å²) in [5.41, 5.74) is 0.890. The third-order valence-corrected chi connectivity index (χ3v) is 4.71. The molecule has 2 aromatic carbocycles. The van der Waals surface area contributed by atoms with E-state index in [4.69, 9.17) is 0 Å². The number of halogens is 2. The molecule has 8 heteroatoms. The Bertz CT molecular complexity index is 825. The highest BCUT2D eigenvalue weighted by Crippen LogP contribution is 2.22. The van der Waals surface area contributed by atoms with Gasteiger partial charge in [0.1, 0.15) is 5.75 Å². The molecule has 2 aromatic rings. The van der Waals surface area contributed by atoms with Gasteiger partial charge in [-0.25, -0.2) is 0 Å². The Morgan fingerprint density at radius 1 is 0.966 bits per heavy atom. The third kappa shape index (κ3) is 5.99. The van der Waals surface area contributed by atoms with Crippen LogP contribution in [0.15, 0.2) is 54.6 Å². The predicted molar refractivity (Wildman–Crippen MR) is 105 cm³/mol. The number of carbonyl (C=O) groups excluding carboxylic acids is 2. The van der Waals surface area contributed by atoms with E-state index in [1.54, 1.807) is 17.0 Å². The fraction of sp³-hybridized carbons (Fsp3) is 0.333. The molecule has 0 radical (unpaired) electrons. The summed E-state index contributed by atoms with van der Waals surface area (Å²) in [5.74, 6) is -0.511. The number of rotatable bonds is 7. The summed E-state index contributed by atoms with van der Waals surface area (Å²) in [4.78, 5) is 28.5. The fourth-order valence-electron chi connectivity index (χ4n) is 3.19. The molecule has 1 heterocycles. The Labute approximate surface area is 168 Å². The Balaban J connectivity index is 1.47. The van der Waals surface area contributed by atoms with Gasteiger partial charge in [0.15, 0.2) is 0 Å². The molecule has 6 nitrogen and oxygen atoms in total. The number of amides is 2. The number of alkyl halides is 2. The van der Waals surface area contributed by atoms with Crippen LogP contribution in [0.25, 0.3) is 0 Å². The number of anilines is 1. The number of piperazine rings is 1. The van der Waals surface area contributed by atoms with Gasteiger partial charge in [0, 0.05) is 44.8 Å². The van der Waals surface area contributed by atoms with Crippen LogP contribution >= 0.6 is 0 Å². The van der Waals surface area contributed by atoms with Gasteiger partial charge >= 0.3 is 6.61 Å². The number of nitrogens with zero attached hydrogens (tertiary/aromatic N) is 2. The number of ether oxygens (including phenoxy) is 1. The van der Waals surface area contributed by atoms with Crippen molar-refractivity contribution in [2.75, 3.05) is 38.0 Å². The number of para-hydroxylation sites is 2. The average molecular weight is 403 g/mol. The maximum atomic E-state index is 12.7. The SMILES string of the molecule is O=C(CCN1CCN(C(=O)c2ccccc2OC(F)F)CC1)Nc1ccccc1. The molecule has 3 rings (SSSR count). The Hall–Kier alpha value is -3.00. The molecule has 0 aromatic heterocycles. The van der Waals surface area contributed by atoms with Crippen LogP contribution in [0.2, 0.25) is 0 Å². The predicted octanol–water partition coefficient (Wildman–Crippen LogP) is 3.07. The highest BCUT2D eigenvalue weighted by Gasteiger charge is 2.25. The van der Waals surface area contributed by atoms with Crippen molar-refractivity contribution in [2.24, 2.45) is 0 Å². The highest BCUT2D eigenvalue weighted by atomic mass is 19.3. The first-order valence-electron chi connectivity index (χ1n) is 9.43. The monoisotopic (exact) mass is 403 g/mol. The van der Waals surface area contributed by atoms with E-state index in [9.17, 15) is 18.4 Å². The Morgan fingerprint density at radius 2 is 1.62 bits per heavy atom. The zero-order chi connectivity index (χ0) is 20.6. The normalized spacial score (nSPS) is 14.7. The summed E-state index contributed by atoms with van der Waals surface area (Å²) in [7, 11) is 0. The molecular formula is C21H23F2N3O3. The second kappa shape index (κ2) is 9.97. The largest absolute Gasteiger partial charge is 0.434 e. The molecule has 0 bridgehead atoms. The molecule has 1 aliphatic rings. The van der Waals surface area contributed by atoms with Crippen molar-refractivity contribution in [3.8, 4) is 5.75 Å². The second-order valence-corrected chi connectivity index (χ2v) is 6.67. The minimum Gasteiger partial charge on any atom is -0.434 e. The standard InChI is InChI=1S/C21H23F2N3O3/c22-21(23)29-18-9-5-4-8-17(18)20(28)26-14-12-25(13-15-26)11-10-19(27)24-16-6-2-1-3-7-16/h1-9,21H,10-15H2,(H,24,27). The van der Waals surface area contributed by atoms with Gasteiger partial charge in [-0.3, -0.25) is 14.5 Å². The number of carbonyl (C=O) groups is 2. The van der Waals surface area contributed by atoms with Crippen LogP contribution in [-0.2, 0) is 4.79 Å². The van der Waals surface area contributed by atoms with E-state index >= 15 is 0 Å². The number of nitrogens with one attached hydrogen (secondary N) is 1. The van der Waals surface area contributed by atoms with Crippen LogP contribution in [0.3, 0.4) is 0 Å². The third-order valence-electron chi connectivity index (χ3n) is 4.71. The zero-order valence-electron chi connectivity index (χ0n) is 15.9. The van der Waals surface area contributed by atoms with Crippen molar-refractivity contribution in [3.05, 3.63) is 60.2 Å².